The topological polar surface area (TPSA) is 8.17 Å². The molecular weight excluding hydrogens is 605 g/mol. The fraction of sp³-hybridized carbons (Fsp3) is 0.167. The van der Waals surface area contributed by atoms with Gasteiger partial charge in [-0.15, -0.1) is 0 Å². The standard InChI is InChI=1S/C48H40N2/c1-47(2)39-18-9-5-14-34(39)38-30-33(28-29-41(38)47)49(45-23-13-20-42-46(45)37-17-6-10-19-40(37)48(42,3)4)31-24-26-32(27-25-31)50-43-21-11-7-15-35(43)36-16-8-12-22-44(36)50/h5-13,15-30,34H,14H2,1-4H3. The van der Waals surface area contributed by atoms with E-state index < -0.39 is 0 Å². The Kier molecular flexibility index (Phi) is 6.13. The predicted octanol–water partition coefficient (Wildman–Crippen LogP) is 12.8. The summed E-state index contributed by atoms with van der Waals surface area (Å²) in [6.45, 7) is 9.53. The molecule has 6 aromatic carbocycles. The maximum absolute atomic E-state index is 2.51. The monoisotopic (exact) mass is 644 g/mol. The smallest absolute Gasteiger partial charge is 0.0543 e. The maximum Gasteiger partial charge on any atom is 0.0543 e. The van der Waals surface area contributed by atoms with Gasteiger partial charge in [0.1, 0.15) is 0 Å². The van der Waals surface area contributed by atoms with E-state index in [1.807, 2.05) is 0 Å². The van der Waals surface area contributed by atoms with Crippen molar-refractivity contribution in [3.8, 4) is 16.8 Å². The molecule has 1 aromatic heterocycles. The average Bonchev–Trinajstić information content (AvgIpc) is 3.70. The lowest BCUT2D eigenvalue weighted by atomic mass is 9.79. The summed E-state index contributed by atoms with van der Waals surface area (Å²) in [5.41, 5.74) is 17.0. The van der Waals surface area contributed by atoms with E-state index >= 15 is 0 Å². The number of rotatable bonds is 4. The highest BCUT2D eigenvalue weighted by Gasteiger charge is 2.42. The minimum atomic E-state index is -0.0793. The first-order valence-electron chi connectivity index (χ1n) is 18.0. The van der Waals surface area contributed by atoms with Crippen LogP contribution >= 0.6 is 0 Å². The van der Waals surface area contributed by atoms with Crippen molar-refractivity contribution in [1.82, 2.24) is 4.57 Å². The molecule has 2 heteroatoms. The second-order valence-electron chi connectivity index (χ2n) is 15.3. The van der Waals surface area contributed by atoms with Gasteiger partial charge < -0.3 is 9.47 Å². The first-order chi connectivity index (χ1) is 24.3. The maximum atomic E-state index is 2.51. The Morgan fingerprint density at radius 1 is 0.600 bits per heavy atom. The van der Waals surface area contributed by atoms with Crippen molar-refractivity contribution in [2.24, 2.45) is 0 Å². The number of allylic oxidation sites excluding steroid dienone is 4. The van der Waals surface area contributed by atoms with Crippen LogP contribution in [0.4, 0.5) is 17.1 Å². The summed E-state index contributed by atoms with van der Waals surface area (Å²) in [6.07, 6.45) is 8.00. The molecule has 0 amide bonds. The van der Waals surface area contributed by atoms with Crippen molar-refractivity contribution >= 4 is 38.9 Å². The van der Waals surface area contributed by atoms with Crippen molar-refractivity contribution in [1.29, 1.82) is 0 Å². The third kappa shape index (κ3) is 3.96. The van der Waals surface area contributed by atoms with Crippen molar-refractivity contribution in [3.05, 3.63) is 180 Å². The van der Waals surface area contributed by atoms with Crippen LogP contribution in [0.2, 0.25) is 0 Å². The fourth-order valence-corrected chi connectivity index (χ4v) is 9.57. The van der Waals surface area contributed by atoms with Crippen LogP contribution < -0.4 is 4.90 Å². The molecular formula is C48H40N2. The largest absolute Gasteiger partial charge is 0.310 e. The molecule has 7 aromatic rings. The first-order valence-corrected chi connectivity index (χ1v) is 18.0. The van der Waals surface area contributed by atoms with Gasteiger partial charge >= 0.3 is 0 Å². The van der Waals surface area contributed by atoms with E-state index in [-0.39, 0.29) is 10.8 Å². The molecule has 242 valence electrons. The first kappa shape index (κ1) is 29.3. The quantitative estimate of drug-likeness (QED) is 0.185. The number of anilines is 3. The number of nitrogens with zero attached hydrogens (tertiary/aromatic N) is 2. The van der Waals surface area contributed by atoms with E-state index in [9.17, 15) is 0 Å². The summed E-state index contributed by atoms with van der Waals surface area (Å²) in [6, 6.07) is 49.9. The number of para-hydroxylation sites is 2. The second-order valence-corrected chi connectivity index (χ2v) is 15.3. The molecule has 0 spiro atoms. The third-order valence-electron chi connectivity index (χ3n) is 12.0. The summed E-state index contributed by atoms with van der Waals surface area (Å²) in [4.78, 5) is 2.51. The summed E-state index contributed by atoms with van der Waals surface area (Å²) in [5.74, 6) is 0.422. The van der Waals surface area contributed by atoms with Gasteiger partial charge in [-0.25, -0.2) is 0 Å². The van der Waals surface area contributed by atoms with Crippen LogP contribution in [0.5, 0.6) is 0 Å². The van der Waals surface area contributed by atoms with Crippen LogP contribution in [0.3, 0.4) is 0 Å². The van der Waals surface area contributed by atoms with Gasteiger partial charge in [0.15, 0.2) is 0 Å². The van der Waals surface area contributed by atoms with Crippen LogP contribution in [0.15, 0.2) is 157 Å². The summed E-state index contributed by atoms with van der Waals surface area (Å²) >= 11 is 0. The van der Waals surface area contributed by atoms with E-state index in [1.165, 1.54) is 72.1 Å². The molecule has 50 heavy (non-hydrogen) atoms. The van der Waals surface area contributed by atoms with Crippen molar-refractivity contribution in [2.75, 3.05) is 4.90 Å². The summed E-state index contributed by atoms with van der Waals surface area (Å²) < 4.78 is 2.40. The molecule has 1 heterocycles. The van der Waals surface area contributed by atoms with Gasteiger partial charge in [-0.2, -0.15) is 0 Å². The molecule has 3 aliphatic carbocycles. The molecule has 0 N–H and O–H groups in total. The average molecular weight is 645 g/mol. The third-order valence-corrected chi connectivity index (χ3v) is 12.0. The van der Waals surface area contributed by atoms with Gasteiger partial charge in [0.2, 0.25) is 0 Å². The van der Waals surface area contributed by atoms with Crippen molar-refractivity contribution < 1.29 is 0 Å². The van der Waals surface area contributed by atoms with Crippen LogP contribution in [0.25, 0.3) is 38.6 Å². The molecule has 1 unspecified atom stereocenters. The number of fused-ring (bicyclic) bond motifs is 9. The normalized spacial score (nSPS) is 17.7. The van der Waals surface area contributed by atoms with Gasteiger partial charge in [0, 0.05) is 50.1 Å². The van der Waals surface area contributed by atoms with Gasteiger partial charge in [-0.05, 0) is 88.8 Å². The molecule has 0 bridgehead atoms. The minimum absolute atomic E-state index is 0.0229. The highest BCUT2D eigenvalue weighted by Crippen LogP contribution is 2.56. The van der Waals surface area contributed by atoms with Crippen LogP contribution in [-0.4, -0.2) is 4.57 Å². The molecule has 10 rings (SSSR count). The Labute approximate surface area is 294 Å². The van der Waals surface area contributed by atoms with E-state index in [1.54, 1.807) is 0 Å². The SMILES string of the molecule is CC1(C)C2=CC=CCC2c2cc(N(c3ccc(-n4c5ccccc5c5ccccc54)cc3)c3cccc4c3-c3ccccc3C4(C)C)ccc21. The van der Waals surface area contributed by atoms with Gasteiger partial charge in [0.25, 0.3) is 0 Å². The molecule has 3 aliphatic rings. The predicted molar refractivity (Wildman–Crippen MR) is 211 cm³/mol. The summed E-state index contributed by atoms with van der Waals surface area (Å²) in [5, 5.41) is 2.56. The van der Waals surface area contributed by atoms with Crippen molar-refractivity contribution in [3.63, 3.8) is 0 Å². The highest BCUT2D eigenvalue weighted by atomic mass is 15.1. The Hall–Kier alpha value is -5.60. The van der Waals surface area contributed by atoms with Gasteiger partial charge in [-0.1, -0.05) is 130 Å². The number of aromatic nitrogens is 1. The Bertz CT molecular complexity index is 2520. The lowest BCUT2D eigenvalue weighted by Gasteiger charge is -2.30. The number of hydrogen-bond donors (Lipinski definition) is 0. The number of hydrogen-bond acceptors (Lipinski definition) is 1. The second kappa shape index (κ2) is 10.5. The molecule has 0 radical (unpaired) electrons. The van der Waals surface area contributed by atoms with Crippen LogP contribution in [0, 0.1) is 0 Å². The zero-order valence-electron chi connectivity index (χ0n) is 29.1. The summed E-state index contributed by atoms with van der Waals surface area (Å²) in [7, 11) is 0. The number of benzene rings is 6. The van der Waals surface area contributed by atoms with E-state index in [0.717, 1.165) is 17.8 Å². The molecule has 1 atom stereocenters. The van der Waals surface area contributed by atoms with E-state index in [4.69, 9.17) is 0 Å². The molecule has 2 nitrogen and oxygen atoms in total. The highest BCUT2D eigenvalue weighted by molar-refractivity contribution is 6.09. The Morgan fingerprint density at radius 2 is 1.26 bits per heavy atom. The molecule has 0 aliphatic heterocycles. The van der Waals surface area contributed by atoms with E-state index in [0.29, 0.717) is 5.92 Å². The van der Waals surface area contributed by atoms with E-state index in [2.05, 4.69) is 189 Å². The minimum Gasteiger partial charge on any atom is -0.310 e. The van der Waals surface area contributed by atoms with Gasteiger partial charge in [-0.3, -0.25) is 0 Å². The lowest BCUT2D eigenvalue weighted by Crippen LogP contribution is -2.17. The Morgan fingerprint density at radius 3 is 2.02 bits per heavy atom. The zero-order chi connectivity index (χ0) is 33.8. The van der Waals surface area contributed by atoms with Gasteiger partial charge in [0.05, 0.1) is 16.7 Å². The molecule has 0 saturated heterocycles. The Balaban J connectivity index is 1.19. The fourth-order valence-electron chi connectivity index (χ4n) is 9.57. The van der Waals surface area contributed by atoms with Crippen molar-refractivity contribution in [2.45, 2.75) is 50.9 Å². The zero-order valence-corrected chi connectivity index (χ0v) is 29.1. The van der Waals surface area contributed by atoms with Crippen LogP contribution in [-0.2, 0) is 10.8 Å². The lowest BCUT2D eigenvalue weighted by molar-refractivity contribution is 0.612. The molecule has 0 saturated carbocycles. The molecule has 0 fully saturated rings. The van der Waals surface area contributed by atoms with Crippen LogP contribution in [0.1, 0.15) is 62.3 Å².